The van der Waals surface area contributed by atoms with Crippen LogP contribution in [0.1, 0.15) is 6.92 Å². The van der Waals surface area contributed by atoms with E-state index in [0.717, 1.165) is 5.57 Å². The van der Waals surface area contributed by atoms with Crippen LogP contribution < -0.4 is 11.1 Å². The summed E-state index contributed by atoms with van der Waals surface area (Å²) in [4.78, 5) is 14.9. The first-order valence-corrected chi connectivity index (χ1v) is 4.88. The molecule has 0 aromatic heterocycles. The quantitative estimate of drug-likeness (QED) is 0.670. The first-order valence-electron chi connectivity index (χ1n) is 4.88. The Balaban J connectivity index is 2.38. The Kier molecular flexibility index (Phi) is 2.41. The van der Waals surface area contributed by atoms with Gasteiger partial charge in [-0.3, -0.25) is 0 Å². The van der Waals surface area contributed by atoms with E-state index in [9.17, 15) is 4.79 Å². The fraction of sp³-hybridized carbons (Fsp3) is 0.273. The molecule has 1 aliphatic carbocycles. The molecule has 0 radical (unpaired) electrons. The zero-order valence-electron chi connectivity index (χ0n) is 8.47. The fourth-order valence-electron chi connectivity index (χ4n) is 1.91. The first-order chi connectivity index (χ1) is 7.22. The SMILES string of the molecule is C/C=C/C1=CC=CC2NC(=O)N=C(N)C12. The molecule has 1 aliphatic heterocycles. The summed E-state index contributed by atoms with van der Waals surface area (Å²) in [6.45, 7) is 1.95. The smallest absolute Gasteiger partial charge is 0.343 e. The molecule has 2 amide bonds. The molecule has 0 saturated carbocycles. The van der Waals surface area contributed by atoms with Crippen molar-refractivity contribution in [1.82, 2.24) is 5.32 Å². The van der Waals surface area contributed by atoms with Crippen LogP contribution in [0.25, 0.3) is 0 Å². The monoisotopic (exact) mass is 203 g/mol. The van der Waals surface area contributed by atoms with Gasteiger partial charge in [-0.05, 0) is 12.5 Å². The molecule has 2 unspecified atom stereocenters. The maximum Gasteiger partial charge on any atom is 0.343 e. The number of amides is 2. The molecule has 78 valence electrons. The van der Waals surface area contributed by atoms with Gasteiger partial charge in [0, 0.05) is 0 Å². The Morgan fingerprint density at radius 3 is 3.13 bits per heavy atom. The van der Waals surface area contributed by atoms with Crippen LogP contribution in [-0.4, -0.2) is 17.9 Å². The number of carbonyl (C=O) groups excluding carboxylic acids is 1. The number of nitrogens with two attached hydrogens (primary N) is 1. The number of urea groups is 1. The Morgan fingerprint density at radius 2 is 2.40 bits per heavy atom. The summed E-state index contributed by atoms with van der Waals surface area (Å²) in [6.07, 6.45) is 9.78. The van der Waals surface area contributed by atoms with E-state index in [1.165, 1.54) is 0 Å². The normalized spacial score (nSPS) is 29.5. The molecule has 2 aliphatic rings. The van der Waals surface area contributed by atoms with Crippen LogP contribution in [0.4, 0.5) is 4.79 Å². The summed E-state index contributed by atoms with van der Waals surface area (Å²) in [6, 6.07) is -0.425. The van der Waals surface area contributed by atoms with E-state index >= 15 is 0 Å². The number of rotatable bonds is 1. The lowest BCUT2D eigenvalue weighted by Gasteiger charge is -2.31. The van der Waals surface area contributed by atoms with Gasteiger partial charge in [-0.15, -0.1) is 0 Å². The van der Waals surface area contributed by atoms with Gasteiger partial charge in [0.05, 0.1) is 12.0 Å². The third kappa shape index (κ3) is 1.70. The summed E-state index contributed by atoms with van der Waals surface area (Å²) in [5.74, 6) is 0.362. The summed E-state index contributed by atoms with van der Waals surface area (Å²) in [7, 11) is 0. The second-order valence-electron chi connectivity index (χ2n) is 3.54. The van der Waals surface area contributed by atoms with Crippen molar-refractivity contribution in [3.05, 3.63) is 36.0 Å². The van der Waals surface area contributed by atoms with Crippen LogP contribution in [-0.2, 0) is 0 Å². The van der Waals surface area contributed by atoms with Gasteiger partial charge in [0.1, 0.15) is 5.84 Å². The van der Waals surface area contributed by atoms with Crippen molar-refractivity contribution in [2.24, 2.45) is 16.6 Å². The molecule has 2 rings (SSSR count). The minimum Gasteiger partial charge on any atom is -0.386 e. The van der Waals surface area contributed by atoms with E-state index < -0.39 is 0 Å². The van der Waals surface area contributed by atoms with Gasteiger partial charge in [-0.2, -0.15) is 4.99 Å². The van der Waals surface area contributed by atoms with Crippen LogP contribution in [0.5, 0.6) is 0 Å². The molecule has 0 aromatic rings. The predicted octanol–water partition coefficient (Wildman–Crippen LogP) is 1.12. The Morgan fingerprint density at radius 1 is 1.60 bits per heavy atom. The summed E-state index contributed by atoms with van der Waals surface area (Å²) < 4.78 is 0. The second-order valence-corrected chi connectivity index (χ2v) is 3.54. The summed E-state index contributed by atoms with van der Waals surface area (Å²) in [5, 5.41) is 2.77. The van der Waals surface area contributed by atoms with Crippen LogP contribution in [0.15, 0.2) is 40.9 Å². The molecule has 4 nitrogen and oxygen atoms in total. The highest BCUT2D eigenvalue weighted by Gasteiger charge is 2.32. The van der Waals surface area contributed by atoms with Gasteiger partial charge < -0.3 is 11.1 Å². The number of allylic oxidation sites excluding steroid dienone is 4. The highest BCUT2D eigenvalue weighted by Crippen LogP contribution is 2.24. The Labute approximate surface area is 88.3 Å². The third-order valence-electron chi connectivity index (χ3n) is 2.52. The van der Waals surface area contributed by atoms with Crippen LogP contribution in [0.2, 0.25) is 0 Å². The topological polar surface area (TPSA) is 67.5 Å². The van der Waals surface area contributed by atoms with Crippen molar-refractivity contribution in [2.45, 2.75) is 13.0 Å². The van der Waals surface area contributed by atoms with Crippen molar-refractivity contribution in [3.8, 4) is 0 Å². The number of aliphatic imine (C=N–C) groups is 1. The van der Waals surface area contributed by atoms with E-state index in [2.05, 4.69) is 10.3 Å². The number of hydrogen-bond acceptors (Lipinski definition) is 2. The predicted molar refractivity (Wildman–Crippen MR) is 59.5 cm³/mol. The minimum absolute atomic E-state index is 0.0242. The average molecular weight is 203 g/mol. The number of carbonyl (C=O) groups is 1. The van der Waals surface area contributed by atoms with Crippen molar-refractivity contribution in [2.75, 3.05) is 0 Å². The molecule has 3 N–H and O–H groups in total. The van der Waals surface area contributed by atoms with Gasteiger partial charge in [-0.25, -0.2) is 4.79 Å². The maximum atomic E-state index is 11.1. The van der Waals surface area contributed by atoms with E-state index in [1.807, 2.05) is 37.3 Å². The van der Waals surface area contributed by atoms with Crippen molar-refractivity contribution >= 4 is 11.9 Å². The zero-order valence-corrected chi connectivity index (χ0v) is 8.47. The van der Waals surface area contributed by atoms with Crippen LogP contribution >= 0.6 is 0 Å². The standard InChI is InChI=1S/C11H13N3O/c1-2-4-7-5-3-6-8-9(7)10(12)14-11(15)13-8/h2-6,8-9H,1H3,(H3,12,13,14,15)/b4-2+. The fourth-order valence-corrected chi connectivity index (χ4v) is 1.91. The Bertz CT molecular complexity index is 404. The molecule has 15 heavy (non-hydrogen) atoms. The van der Waals surface area contributed by atoms with Gasteiger partial charge in [-0.1, -0.05) is 30.4 Å². The number of hydrogen-bond donors (Lipinski definition) is 2. The summed E-state index contributed by atoms with van der Waals surface area (Å²) >= 11 is 0. The number of nitrogens with zero attached hydrogens (tertiary/aromatic N) is 1. The number of amidine groups is 1. The van der Waals surface area contributed by atoms with Gasteiger partial charge in [0.25, 0.3) is 0 Å². The molecule has 0 saturated heterocycles. The van der Waals surface area contributed by atoms with Crippen molar-refractivity contribution < 1.29 is 4.79 Å². The number of fused-ring (bicyclic) bond motifs is 1. The lowest BCUT2D eigenvalue weighted by molar-refractivity contribution is 0.244. The molecule has 0 bridgehead atoms. The molecule has 0 aromatic carbocycles. The molecule has 2 atom stereocenters. The van der Waals surface area contributed by atoms with Gasteiger partial charge >= 0.3 is 6.03 Å². The van der Waals surface area contributed by atoms with Crippen LogP contribution in [0, 0.1) is 5.92 Å². The maximum absolute atomic E-state index is 11.1. The minimum atomic E-state index is -0.361. The van der Waals surface area contributed by atoms with Crippen molar-refractivity contribution in [1.29, 1.82) is 0 Å². The molecular formula is C11H13N3O. The largest absolute Gasteiger partial charge is 0.386 e. The van der Waals surface area contributed by atoms with Gasteiger partial charge in [0.2, 0.25) is 0 Å². The van der Waals surface area contributed by atoms with E-state index in [-0.39, 0.29) is 18.0 Å². The molecule has 4 heteroatoms. The van der Waals surface area contributed by atoms with E-state index in [0.29, 0.717) is 5.84 Å². The third-order valence-corrected chi connectivity index (χ3v) is 2.52. The Hall–Kier alpha value is -1.84. The molecule has 1 heterocycles. The van der Waals surface area contributed by atoms with Gasteiger partial charge in [0.15, 0.2) is 0 Å². The van der Waals surface area contributed by atoms with Crippen molar-refractivity contribution in [3.63, 3.8) is 0 Å². The molecular weight excluding hydrogens is 190 g/mol. The first kappa shape index (κ1) is 9.71. The van der Waals surface area contributed by atoms with Crippen LogP contribution in [0.3, 0.4) is 0 Å². The van der Waals surface area contributed by atoms with E-state index in [1.54, 1.807) is 0 Å². The zero-order chi connectivity index (χ0) is 10.8. The molecule has 0 spiro atoms. The lowest BCUT2D eigenvalue weighted by atomic mass is 9.85. The molecule has 0 fully saturated rings. The van der Waals surface area contributed by atoms with E-state index in [4.69, 9.17) is 5.73 Å². The lowest BCUT2D eigenvalue weighted by Crippen LogP contribution is -2.49. The number of nitrogens with one attached hydrogen (secondary N) is 1. The highest BCUT2D eigenvalue weighted by molar-refractivity contribution is 5.99. The average Bonchev–Trinajstić information content (AvgIpc) is 2.17. The highest BCUT2D eigenvalue weighted by atomic mass is 16.2. The summed E-state index contributed by atoms with van der Waals surface area (Å²) in [5.41, 5.74) is 6.86. The second kappa shape index (κ2) is 3.73.